The maximum absolute atomic E-state index is 11.3. The molecule has 0 fully saturated rings. The van der Waals surface area contributed by atoms with Gasteiger partial charge in [0.25, 0.3) is 0 Å². The monoisotopic (exact) mass is 238 g/mol. The summed E-state index contributed by atoms with van der Waals surface area (Å²) in [5, 5.41) is 9.50. The second-order valence-corrected chi connectivity index (χ2v) is 5.44. The molecule has 0 aliphatic carbocycles. The first-order valence-electron chi connectivity index (χ1n) is 6.32. The number of Topliss-reactive ketones (excluding diaryl/α,β-unsaturated/α-hetero) is 1. The second-order valence-electron chi connectivity index (χ2n) is 5.44. The SMILES string of the molecule is CC(C)C(=O)CCC=CC=CC(C)(C)C(C)O. The molecule has 0 saturated heterocycles. The van der Waals surface area contributed by atoms with Crippen LogP contribution in [0.1, 0.15) is 47.5 Å². The lowest BCUT2D eigenvalue weighted by Gasteiger charge is -2.23. The highest BCUT2D eigenvalue weighted by atomic mass is 16.3. The van der Waals surface area contributed by atoms with Crippen LogP contribution in [0.5, 0.6) is 0 Å². The van der Waals surface area contributed by atoms with E-state index in [1.54, 1.807) is 6.92 Å². The van der Waals surface area contributed by atoms with Gasteiger partial charge in [0.15, 0.2) is 0 Å². The molecule has 0 saturated carbocycles. The maximum atomic E-state index is 11.3. The number of carbonyl (C=O) groups is 1. The fourth-order valence-corrected chi connectivity index (χ4v) is 1.13. The minimum atomic E-state index is -0.366. The van der Waals surface area contributed by atoms with Crippen LogP contribution < -0.4 is 0 Å². The van der Waals surface area contributed by atoms with Crippen molar-refractivity contribution in [1.29, 1.82) is 0 Å². The minimum absolute atomic E-state index is 0.133. The zero-order chi connectivity index (χ0) is 13.5. The first-order chi connectivity index (χ1) is 7.77. The normalized spacial score (nSPS) is 15.0. The summed E-state index contributed by atoms with van der Waals surface area (Å²) in [7, 11) is 0. The van der Waals surface area contributed by atoms with Crippen molar-refractivity contribution in [3.63, 3.8) is 0 Å². The average molecular weight is 238 g/mol. The van der Waals surface area contributed by atoms with E-state index in [4.69, 9.17) is 0 Å². The van der Waals surface area contributed by atoms with Crippen LogP contribution in [-0.2, 0) is 4.79 Å². The van der Waals surface area contributed by atoms with Crippen molar-refractivity contribution in [2.24, 2.45) is 11.3 Å². The smallest absolute Gasteiger partial charge is 0.135 e. The van der Waals surface area contributed by atoms with E-state index >= 15 is 0 Å². The molecule has 1 N–H and O–H groups in total. The number of hydrogen-bond acceptors (Lipinski definition) is 2. The van der Waals surface area contributed by atoms with Gasteiger partial charge in [-0.15, -0.1) is 0 Å². The summed E-state index contributed by atoms with van der Waals surface area (Å²) in [4.78, 5) is 11.3. The van der Waals surface area contributed by atoms with Crippen LogP contribution in [0.15, 0.2) is 24.3 Å². The molecule has 1 unspecified atom stereocenters. The Balaban J connectivity index is 3.97. The summed E-state index contributed by atoms with van der Waals surface area (Å²) in [5.74, 6) is 0.441. The molecule has 0 aromatic heterocycles. The number of hydrogen-bond donors (Lipinski definition) is 1. The van der Waals surface area contributed by atoms with Crippen LogP contribution in [0.3, 0.4) is 0 Å². The molecule has 0 amide bonds. The molecule has 0 spiro atoms. The lowest BCUT2D eigenvalue weighted by Crippen LogP contribution is -2.23. The molecule has 2 heteroatoms. The molecule has 0 aromatic carbocycles. The molecule has 1 atom stereocenters. The fourth-order valence-electron chi connectivity index (χ4n) is 1.13. The van der Waals surface area contributed by atoms with Gasteiger partial charge in [-0.25, -0.2) is 0 Å². The first kappa shape index (κ1) is 16.1. The molecule has 0 rings (SSSR count). The maximum Gasteiger partial charge on any atom is 0.135 e. The van der Waals surface area contributed by atoms with E-state index < -0.39 is 0 Å². The van der Waals surface area contributed by atoms with Gasteiger partial charge in [0.05, 0.1) is 6.10 Å². The molecule has 0 bridgehead atoms. The number of allylic oxidation sites excluding steroid dienone is 3. The van der Waals surface area contributed by atoms with Crippen LogP contribution >= 0.6 is 0 Å². The van der Waals surface area contributed by atoms with Gasteiger partial charge in [-0.05, 0) is 13.3 Å². The van der Waals surface area contributed by atoms with Crippen molar-refractivity contribution in [3.05, 3.63) is 24.3 Å². The minimum Gasteiger partial charge on any atom is -0.393 e. The van der Waals surface area contributed by atoms with E-state index in [1.807, 2.05) is 52.0 Å². The Bertz CT molecular complexity index is 283. The zero-order valence-electron chi connectivity index (χ0n) is 11.7. The molecule has 17 heavy (non-hydrogen) atoms. The van der Waals surface area contributed by atoms with Crippen LogP contribution in [0.2, 0.25) is 0 Å². The van der Waals surface area contributed by atoms with E-state index in [0.29, 0.717) is 12.2 Å². The van der Waals surface area contributed by atoms with Crippen molar-refractivity contribution in [3.8, 4) is 0 Å². The third kappa shape index (κ3) is 7.11. The molecule has 0 heterocycles. The number of aliphatic hydroxyl groups is 1. The summed E-state index contributed by atoms with van der Waals surface area (Å²) < 4.78 is 0. The summed E-state index contributed by atoms with van der Waals surface area (Å²) in [5.41, 5.74) is -0.210. The van der Waals surface area contributed by atoms with Crippen LogP contribution in [0, 0.1) is 11.3 Å². The van der Waals surface area contributed by atoms with E-state index in [9.17, 15) is 9.90 Å². The van der Waals surface area contributed by atoms with E-state index in [1.165, 1.54) is 0 Å². The van der Waals surface area contributed by atoms with Crippen molar-refractivity contribution < 1.29 is 9.90 Å². The molecule has 2 nitrogen and oxygen atoms in total. The Morgan fingerprint density at radius 3 is 2.29 bits per heavy atom. The van der Waals surface area contributed by atoms with Crippen molar-refractivity contribution in [2.75, 3.05) is 0 Å². The number of rotatable bonds is 7. The highest BCUT2D eigenvalue weighted by Crippen LogP contribution is 2.21. The van der Waals surface area contributed by atoms with Crippen LogP contribution in [0.4, 0.5) is 0 Å². The Morgan fingerprint density at radius 1 is 1.24 bits per heavy atom. The van der Waals surface area contributed by atoms with Crippen molar-refractivity contribution >= 4 is 5.78 Å². The van der Waals surface area contributed by atoms with Crippen LogP contribution in [0.25, 0.3) is 0 Å². The Hall–Kier alpha value is -0.890. The Kier molecular flexibility index (Phi) is 7.05. The van der Waals surface area contributed by atoms with Gasteiger partial charge >= 0.3 is 0 Å². The number of carbonyl (C=O) groups excluding carboxylic acids is 1. The average Bonchev–Trinajstić information content (AvgIpc) is 2.22. The molecule has 0 aliphatic rings. The van der Waals surface area contributed by atoms with Gasteiger partial charge in [-0.1, -0.05) is 52.0 Å². The van der Waals surface area contributed by atoms with E-state index in [2.05, 4.69) is 0 Å². The van der Waals surface area contributed by atoms with Gasteiger partial charge in [-0.2, -0.15) is 0 Å². The third-order valence-electron chi connectivity index (χ3n) is 3.05. The predicted octanol–water partition coefficient (Wildman–Crippen LogP) is 3.51. The second kappa shape index (κ2) is 7.44. The Labute approximate surface area is 105 Å². The largest absolute Gasteiger partial charge is 0.393 e. The first-order valence-corrected chi connectivity index (χ1v) is 6.32. The fraction of sp³-hybridized carbons (Fsp3) is 0.667. The molecular formula is C15H26O2. The van der Waals surface area contributed by atoms with E-state index in [-0.39, 0.29) is 17.4 Å². The van der Waals surface area contributed by atoms with Crippen LogP contribution in [-0.4, -0.2) is 17.0 Å². The van der Waals surface area contributed by atoms with Gasteiger partial charge in [0.1, 0.15) is 5.78 Å². The molecule has 0 aliphatic heterocycles. The third-order valence-corrected chi connectivity index (χ3v) is 3.05. The lowest BCUT2D eigenvalue weighted by molar-refractivity contribution is -0.121. The highest BCUT2D eigenvalue weighted by Gasteiger charge is 2.19. The van der Waals surface area contributed by atoms with Gasteiger partial charge < -0.3 is 5.11 Å². The lowest BCUT2D eigenvalue weighted by atomic mass is 9.87. The summed E-state index contributed by atoms with van der Waals surface area (Å²) in [6, 6.07) is 0. The molecule has 98 valence electrons. The Morgan fingerprint density at radius 2 is 1.82 bits per heavy atom. The van der Waals surface area contributed by atoms with Crippen molar-refractivity contribution in [1.82, 2.24) is 0 Å². The topological polar surface area (TPSA) is 37.3 Å². The summed E-state index contributed by atoms with van der Waals surface area (Å²) in [6.45, 7) is 9.62. The van der Waals surface area contributed by atoms with Gasteiger partial charge in [0.2, 0.25) is 0 Å². The molecular weight excluding hydrogens is 212 g/mol. The van der Waals surface area contributed by atoms with E-state index in [0.717, 1.165) is 6.42 Å². The predicted molar refractivity (Wildman–Crippen MR) is 72.8 cm³/mol. The molecule has 0 aromatic rings. The summed E-state index contributed by atoms with van der Waals surface area (Å²) >= 11 is 0. The molecule has 0 radical (unpaired) electrons. The number of aliphatic hydroxyl groups excluding tert-OH is 1. The van der Waals surface area contributed by atoms with Crippen molar-refractivity contribution in [2.45, 2.75) is 53.6 Å². The van der Waals surface area contributed by atoms with Gasteiger partial charge in [0, 0.05) is 17.8 Å². The quantitative estimate of drug-likeness (QED) is 0.689. The van der Waals surface area contributed by atoms with Gasteiger partial charge in [-0.3, -0.25) is 4.79 Å². The number of ketones is 1. The summed E-state index contributed by atoms with van der Waals surface area (Å²) in [6.07, 6.45) is 8.89. The highest BCUT2D eigenvalue weighted by molar-refractivity contribution is 5.80. The zero-order valence-corrected chi connectivity index (χ0v) is 11.7. The standard InChI is InChI=1S/C15H26O2/c1-12(2)14(17)10-8-6-7-9-11-15(4,5)13(3)16/h6-7,9,11-13,16H,8,10H2,1-5H3.